The number of imidazole rings is 1. The van der Waals surface area contributed by atoms with E-state index in [9.17, 15) is 4.79 Å². The smallest absolute Gasteiger partial charge is 0.221 e. The Morgan fingerprint density at radius 1 is 1.11 bits per heavy atom. The van der Waals surface area contributed by atoms with Crippen molar-refractivity contribution in [2.45, 2.75) is 39.2 Å². The van der Waals surface area contributed by atoms with Gasteiger partial charge in [0, 0.05) is 12.8 Å². The molecule has 0 fully saturated rings. The van der Waals surface area contributed by atoms with Gasteiger partial charge in [0.25, 0.3) is 0 Å². The molecule has 0 spiro atoms. The van der Waals surface area contributed by atoms with Crippen LogP contribution in [0.4, 0.5) is 0 Å². The highest BCUT2D eigenvalue weighted by Crippen LogP contribution is 2.25. The predicted octanol–water partition coefficient (Wildman–Crippen LogP) is 5.01. The van der Waals surface area contributed by atoms with E-state index in [-0.39, 0.29) is 17.9 Å². The molecule has 2 N–H and O–H groups in total. The third kappa shape index (κ3) is 3.92. The van der Waals surface area contributed by atoms with Gasteiger partial charge in [0.15, 0.2) is 0 Å². The molecule has 0 bridgehead atoms. The van der Waals surface area contributed by atoms with Crippen LogP contribution in [0.15, 0.2) is 48.5 Å². The fraction of sp³-hybridized carbons (Fsp3) is 0.318. The van der Waals surface area contributed by atoms with Crippen LogP contribution >= 0.6 is 11.3 Å². The summed E-state index contributed by atoms with van der Waals surface area (Å²) in [5, 5.41) is 4.19. The molecule has 0 radical (unpaired) electrons. The summed E-state index contributed by atoms with van der Waals surface area (Å²) in [4.78, 5) is 25.4. The highest BCUT2D eigenvalue weighted by molar-refractivity contribution is 7.18. The second-order valence-electron chi connectivity index (χ2n) is 7.15. The number of carbonyl (C=O) groups is 1. The number of aromatic nitrogens is 3. The molecule has 2 aromatic carbocycles. The molecule has 0 saturated carbocycles. The third-order valence-electron chi connectivity index (χ3n) is 5.14. The van der Waals surface area contributed by atoms with Crippen molar-refractivity contribution in [1.82, 2.24) is 20.3 Å². The van der Waals surface area contributed by atoms with Crippen molar-refractivity contribution in [3.05, 3.63) is 59.4 Å². The van der Waals surface area contributed by atoms with Gasteiger partial charge in [0.05, 0.1) is 32.3 Å². The van der Waals surface area contributed by atoms with Crippen LogP contribution in [0.25, 0.3) is 21.3 Å². The van der Waals surface area contributed by atoms with Crippen LogP contribution in [0.1, 0.15) is 43.6 Å². The van der Waals surface area contributed by atoms with E-state index >= 15 is 0 Å². The fourth-order valence-corrected chi connectivity index (χ4v) is 4.30. The zero-order valence-corrected chi connectivity index (χ0v) is 16.9. The summed E-state index contributed by atoms with van der Waals surface area (Å²) in [7, 11) is 0. The van der Waals surface area contributed by atoms with Crippen LogP contribution in [0, 0.1) is 5.92 Å². The molecular weight excluding hydrogens is 368 g/mol. The summed E-state index contributed by atoms with van der Waals surface area (Å²) < 4.78 is 1.16. The Morgan fingerprint density at radius 3 is 2.61 bits per heavy atom. The molecule has 2 unspecified atom stereocenters. The van der Waals surface area contributed by atoms with E-state index in [0.717, 1.165) is 38.5 Å². The summed E-state index contributed by atoms with van der Waals surface area (Å²) in [5.74, 6) is 1.14. The van der Waals surface area contributed by atoms with Gasteiger partial charge in [0.2, 0.25) is 5.91 Å². The molecule has 0 saturated heterocycles. The summed E-state index contributed by atoms with van der Waals surface area (Å²) in [6, 6.07) is 15.9. The van der Waals surface area contributed by atoms with Gasteiger partial charge in [-0.2, -0.15) is 0 Å². The number of carbonyl (C=O) groups excluding carboxylic acids is 1. The topological polar surface area (TPSA) is 70.7 Å². The Kier molecular flexibility index (Phi) is 5.39. The minimum absolute atomic E-state index is 0.0324. The maximum absolute atomic E-state index is 12.7. The molecule has 0 aliphatic rings. The minimum Gasteiger partial charge on any atom is -0.346 e. The first kappa shape index (κ1) is 18.6. The molecule has 2 aromatic heterocycles. The highest BCUT2D eigenvalue weighted by atomic mass is 32.1. The van der Waals surface area contributed by atoms with Crippen molar-refractivity contribution in [2.24, 2.45) is 5.92 Å². The van der Waals surface area contributed by atoms with Crippen molar-refractivity contribution in [1.29, 1.82) is 0 Å². The zero-order valence-electron chi connectivity index (χ0n) is 16.1. The van der Waals surface area contributed by atoms with Crippen LogP contribution in [0.5, 0.6) is 0 Å². The van der Waals surface area contributed by atoms with Gasteiger partial charge in [-0.25, -0.2) is 9.97 Å². The first-order valence-corrected chi connectivity index (χ1v) is 10.5. The van der Waals surface area contributed by atoms with Gasteiger partial charge in [-0.15, -0.1) is 11.3 Å². The second-order valence-corrected chi connectivity index (χ2v) is 8.26. The Labute approximate surface area is 168 Å². The summed E-state index contributed by atoms with van der Waals surface area (Å²) in [6.45, 7) is 4.28. The van der Waals surface area contributed by atoms with Gasteiger partial charge in [-0.3, -0.25) is 4.79 Å². The lowest BCUT2D eigenvalue weighted by atomic mass is 9.98. The number of fused-ring (bicyclic) bond motifs is 2. The number of benzene rings is 2. The van der Waals surface area contributed by atoms with Crippen LogP contribution in [-0.4, -0.2) is 20.9 Å². The number of rotatable bonds is 7. The zero-order chi connectivity index (χ0) is 19.5. The molecule has 2 heterocycles. The Bertz CT molecular complexity index is 1030. The number of aromatic amines is 1. The van der Waals surface area contributed by atoms with Crippen molar-refractivity contribution in [2.75, 3.05) is 0 Å². The third-order valence-corrected chi connectivity index (χ3v) is 6.23. The summed E-state index contributed by atoms with van der Waals surface area (Å²) >= 11 is 1.66. The van der Waals surface area contributed by atoms with E-state index in [4.69, 9.17) is 4.98 Å². The SMILES string of the molecule is CCC(C)C(NC(=O)CCc1nc2ccccc2s1)c1nc2ccccc2[nH]1. The number of thiazole rings is 1. The Morgan fingerprint density at radius 2 is 1.86 bits per heavy atom. The summed E-state index contributed by atoms with van der Waals surface area (Å²) in [6.07, 6.45) is 2.03. The molecule has 144 valence electrons. The normalized spacial score (nSPS) is 13.6. The molecule has 0 aliphatic carbocycles. The quantitative estimate of drug-likeness (QED) is 0.464. The molecule has 4 rings (SSSR count). The molecule has 4 aromatic rings. The van der Waals surface area contributed by atoms with Crippen LogP contribution in [-0.2, 0) is 11.2 Å². The summed E-state index contributed by atoms with van der Waals surface area (Å²) in [5.41, 5.74) is 2.92. The molecule has 5 nitrogen and oxygen atoms in total. The van der Waals surface area contributed by atoms with Crippen LogP contribution in [0.3, 0.4) is 0 Å². The minimum atomic E-state index is -0.125. The van der Waals surface area contributed by atoms with E-state index in [1.54, 1.807) is 11.3 Å². The largest absolute Gasteiger partial charge is 0.346 e. The standard InChI is InChI=1S/C22H24N4OS/c1-3-14(2)21(22-24-15-8-4-5-9-16(15)25-22)26-19(27)12-13-20-23-17-10-6-7-11-18(17)28-20/h4-11,14,21H,3,12-13H2,1-2H3,(H,24,25)(H,26,27). The molecule has 0 aliphatic heterocycles. The van der Waals surface area contributed by atoms with Gasteiger partial charge in [0.1, 0.15) is 5.82 Å². The monoisotopic (exact) mass is 392 g/mol. The average Bonchev–Trinajstić information content (AvgIpc) is 3.33. The molecule has 6 heteroatoms. The number of H-pyrrole nitrogens is 1. The van der Waals surface area contributed by atoms with Gasteiger partial charge in [-0.1, -0.05) is 44.5 Å². The van der Waals surface area contributed by atoms with Crippen LogP contribution < -0.4 is 5.32 Å². The lowest BCUT2D eigenvalue weighted by molar-refractivity contribution is -0.122. The Hall–Kier alpha value is -2.73. The highest BCUT2D eigenvalue weighted by Gasteiger charge is 2.23. The van der Waals surface area contributed by atoms with Gasteiger partial charge in [-0.05, 0) is 30.2 Å². The second kappa shape index (κ2) is 8.10. The molecule has 1 amide bonds. The number of hydrogen-bond acceptors (Lipinski definition) is 4. The van der Waals surface area contributed by atoms with E-state index < -0.39 is 0 Å². The number of nitrogens with one attached hydrogen (secondary N) is 2. The van der Waals surface area contributed by atoms with Gasteiger partial charge >= 0.3 is 0 Å². The van der Waals surface area contributed by atoms with Crippen LogP contribution in [0.2, 0.25) is 0 Å². The maximum atomic E-state index is 12.7. The van der Waals surface area contributed by atoms with E-state index in [1.165, 1.54) is 0 Å². The lowest BCUT2D eigenvalue weighted by Crippen LogP contribution is -2.33. The number of para-hydroxylation sites is 3. The lowest BCUT2D eigenvalue weighted by Gasteiger charge is -2.22. The van der Waals surface area contributed by atoms with E-state index in [1.807, 2.05) is 42.5 Å². The molecular formula is C22H24N4OS. The average molecular weight is 393 g/mol. The number of aryl methyl sites for hydroxylation is 1. The van der Waals surface area contributed by atoms with Gasteiger partial charge < -0.3 is 10.3 Å². The van der Waals surface area contributed by atoms with Crippen molar-refractivity contribution >= 4 is 38.5 Å². The number of amides is 1. The predicted molar refractivity (Wildman–Crippen MR) is 114 cm³/mol. The maximum Gasteiger partial charge on any atom is 0.221 e. The first-order valence-electron chi connectivity index (χ1n) is 9.72. The Balaban J connectivity index is 1.46. The molecule has 2 atom stereocenters. The van der Waals surface area contributed by atoms with E-state index in [0.29, 0.717) is 12.8 Å². The fourth-order valence-electron chi connectivity index (χ4n) is 3.33. The first-order chi connectivity index (χ1) is 13.6. The van der Waals surface area contributed by atoms with Crippen molar-refractivity contribution in [3.8, 4) is 0 Å². The number of hydrogen-bond donors (Lipinski definition) is 2. The van der Waals surface area contributed by atoms with Crippen molar-refractivity contribution < 1.29 is 4.79 Å². The van der Waals surface area contributed by atoms with E-state index in [2.05, 4.69) is 35.2 Å². The molecule has 28 heavy (non-hydrogen) atoms. The van der Waals surface area contributed by atoms with Crippen molar-refractivity contribution in [3.63, 3.8) is 0 Å². The number of nitrogens with zero attached hydrogens (tertiary/aromatic N) is 2.